The van der Waals surface area contributed by atoms with Crippen molar-refractivity contribution in [2.45, 2.75) is 0 Å². The van der Waals surface area contributed by atoms with Gasteiger partial charge in [-0.05, 0) is 36.4 Å². The third-order valence-corrected chi connectivity index (χ3v) is 4.29. The number of carbonyl (C=O) groups excluding carboxylic acids is 1. The zero-order chi connectivity index (χ0) is 16.2. The van der Waals surface area contributed by atoms with E-state index in [-0.39, 0.29) is 5.91 Å². The van der Waals surface area contributed by atoms with E-state index in [4.69, 9.17) is 4.74 Å². The number of thiazole rings is 1. The summed E-state index contributed by atoms with van der Waals surface area (Å²) in [4.78, 5) is 22.5. The van der Waals surface area contributed by atoms with Crippen LogP contribution in [0.5, 0.6) is 5.75 Å². The molecule has 0 saturated carbocycles. The van der Waals surface area contributed by atoms with Crippen molar-refractivity contribution in [1.29, 1.82) is 0 Å². The van der Waals surface area contributed by atoms with Crippen molar-refractivity contribution >= 4 is 22.4 Å². The van der Waals surface area contributed by atoms with Gasteiger partial charge >= 0.3 is 0 Å². The minimum Gasteiger partial charge on any atom is -0.497 e. The highest BCUT2D eigenvalue weighted by Gasteiger charge is 2.17. The van der Waals surface area contributed by atoms with E-state index in [1.165, 1.54) is 16.2 Å². The first-order valence-corrected chi connectivity index (χ1v) is 7.85. The molecule has 1 aromatic carbocycles. The summed E-state index contributed by atoms with van der Waals surface area (Å²) in [5.74, 6) is 0.668. The lowest BCUT2D eigenvalue weighted by atomic mass is 10.2. The molecule has 2 aromatic heterocycles. The number of benzene rings is 1. The monoisotopic (exact) mass is 325 g/mol. The lowest BCUT2D eigenvalue weighted by Gasteiger charge is -2.13. The maximum atomic E-state index is 12.4. The van der Waals surface area contributed by atoms with Gasteiger partial charge in [0.05, 0.1) is 18.4 Å². The van der Waals surface area contributed by atoms with Crippen LogP contribution in [-0.4, -0.2) is 30.0 Å². The van der Waals surface area contributed by atoms with Crippen LogP contribution in [0.3, 0.4) is 0 Å². The number of ether oxygens (including phenoxy) is 1. The van der Waals surface area contributed by atoms with Gasteiger partial charge in [0.2, 0.25) is 0 Å². The molecule has 0 radical (unpaired) electrons. The van der Waals surface area contributed by atoms with E-state index < -0.39 is 0 Å². The summed E-state index contributed by atoms with van der Waals surface area (Å²) < 4.78 is 5.15. The Balaban J connectivity index is 1.82. The standard InChI is InChI=1S/C17H15N3O2S/c1-20(16(21)13-4-3-9-18-10-13)17-19-15(11-23-17)12-5-7-14(22-2)8-6-12/h3-11H,1-2H3. The van der Waals surface area contributed by atoms with Gasteiger partial charge in [-0.3, -0.25) is 14.7 Å². The van der Waals surface area contributed by atoms with E-state index in [0.717, 1.165) is 17.0 Å². The fraction of sp³-hybridized carbons (Fsp3) is 0.118. The number of rotatable bonds is 4. The quantitative estimate of drug-likeness (QED) is 0.737. The van der Waals surface area contributed by atoms with Crippen LogP contribution in [0, 0.1) is 0 Å². The van der Waals surface area contributed by atoms with Gasteiger partial charge in [-0.2, -0.15) is 0 Å². The van der Waals surface area contributed by atoms with Crippen molar-refractivity contribution in [1.82, 2.24) is 9.97 Å². The van der Waals surface area contributed by atoms with Gasteiger partial charge in [-0.25, -0.2) is 4.98 Å². The summed E-state index contributed by atoms with van der Waals surface area (Å²) in [7, 11) is 3.35. The molecule has 3 aromatic rings. The summed E-state index contributed by atoms with van der Waals surface area (Å²) in [6, 6.07) is 11.1. The van der Waals surface area contributed by atoms with Gasteiger partial charge in [0, 0.05) is 30.4 Å². The lowest BCUT2D eigenvalue weighted by molar-refractivity contribution is 0.0992. The fourth-order valence-corrected chi connectivity index (χ4v) is 2.88. The zero-order valence-corrected chi connectivity index (χ0v) is 13.6. The molecular weight excluding hydrogens is 310 g/mol. The molecule has 0 spiro atoms. The molecule has 3 rings (SSSR count). The van der Waals surface area contributed by atoms with Crippen LogP contribution in [0.1, 0.15) is 10.4 Å². The van der Waals surface area contributed by atoms with Crippen molar-refractivity contribution in [3.8, 4) is 17.0 Å². The highest BCUT2D eigenvalue weighted by atomic mass is 32.1. The van der Waals surface area contributed by atoms with Gasteiger partial charge < -0.3 is 4.74 Å². The van der Waals surface area contributed by atoms with E-state index >= 15 is 0 Å². The fourth-order valence-electron chi connectivity index (χ4n) is 2.08. The Bertz CT molecular complexity index is 800. The van der Waals surface area contributed by atoms with E-state index in [9.17, 15) is 4.79 Å². The SMILES string of the molecule is COc1ccc(-c2csc(N(C)C(=O)c3cccnc3)n2)cc1. The van der Waals surface area contributed by atoms with E-state index in [0.29, 0.717) is 10.7 Å². The van der Waals surface area contributed by atoms with Crippen LogP contribution in [0.2, 0.25) is 0 Å². The number of aromatic nitrogens is 2. The maximum Gasteiger partial charge on any atom is 0.261 e. The first-order valence-electron chi connectivity index (χ1n) is 6.97. The molecule has 23 heavy (non-hydrogen) atoms. The summed E-state index contributed by atoms with van der Waals surface area (Å²) in [5, 5.41) is 2.58. The Morgan fingerprint density at radius 2 is 2.00 bits per heavy atom. The summed E-state index contributed by atoms with van der Waals surface area (Å²) in [5.41, 5.74) is 2.35. The Labute approximate surface area is 138 Å². The molecule has 5 nitrogen and oxygen atoms in total. The van der Waals surface area contributed by atoms with Crippen molar-refractivity contribution in [2.24, 2.45) is 0 Å². The minimum atomic E-state index is -0.131. The Hall–Kier alpha value is -2.73. The van der Waals surface area contributed by atoms with Gasteiger partial charge in [0.15, 0.2) is 5.13 Å². The predicted octanol–water partition coefficient (Wildman–Crippen LogP) is 3.49. The molecule has 0 saturated heterocycles. The zero-order valence-electron chi connectivity index (χ0n) is 12.8. The molecule has 0 aliphatic rings. The molecule has 0 atom stereocenters. The first-order chi connectivity index (χ1) is 11.2. The average molecular weight is 325 g/mol. The summed E-state index contributed by atoms with van der Waals surface area (Å²) in [6.45, 7) is 0. The largest absolute Gasteiger partial charge is 0.497 e. The van der Waals surface area contributed by atoms with Crippen LogP contribution < -0.4 is 9.64 Å². The molecule has 1 amide bonds. The number of amides is 1. The third-order valence-electron chi connectivity index (χ3n) is 3.38. The lowest BCUT2D eigenvalue weighted by Crippen LogP contribution is -2.26. The van der Waals surface area contributed by atoms with Crippen molar-refractivity contribution < 1.29 is 9.53 Å². The van der Waals surface area contributed by atoms with Crippen molar-refractivity contribution in [3.63, 3.8) is 0 Å². The van der Waals surface area contributed by atoms with Crippen molar-refractivity contribution in [2.75, 3.05) is 19.1 Å². The number of pyridine rings is 1. The summed E-state index contributed by atoms with van der Waals surface area (Å²) in [6.07, 6.45) is 3.19. The van der Waals surface area contributed by atoms with E-state index in [1.54, 1.807) is 38.7 Å². The molecule has 2 heterocycles. The van der Waals surface area contributed by atoms with E-state index in [2.05, 4.69) is 9.97 Å². The molecule has 0 fully saturated rings. The second-order valence-electron chi connectivity index (χ2n) is 4.85. The van der Waals surface area contributed by atoms with Crippen LogP contribution in [0.25, 0.3) is 11.3 Å². The molecule has 0 N–H and O–H groups in total. The highest BCUT2D eigenvalue weighted by molar-refractivity contribution is 7.14. The highest BCUT2D eigenvalue weighted by Crippen LogP contribution is 2.28. The molecule has 116 valence electrons. The molecule has 6 heteroatoms. The van der Waals surface area contributed by atoms with Crippen LogP contribution in [-0.2, 0) is 0 Å². The number of anilines is 1. The average Bonchev–Trinajstić information content (AvgIpc) is 3.11. The number of methoxy groups -OCH3 is 1. The third kappa shape index (κ3) is 3.22. The topological polar surface area (TPSA) is 55.3 Å². The van der Waals surface area contributed by atoms with Gasteiger partial charge in [0.1, 0.15) is 5.75 Å². The number of nitrogens with zero attached hydrogens (tertiary/aromatic N) is 3. The molecule has 0 bridgehead atoms. The number of hydrogen-bond donors (Lipinski definition) is 0. The van der Waals surface area contributed by atoms with Crippen LogP contribution >= 0.6 is 11.3 Å². The molecular formula is C17H15N3O2S. The first kappa shape index (κ1) is 15.2. The second kappa shape index (κ2) is 6.58. The Morgan fingerprint density at radius 1 is 1.22 bits per heavy atom. The minimum absolute atomic E-state index is 0.131. The Morgan fingerprint density at radius 3 is 2.65 bits per heavy atom. The Kier molecular flexibility index (Phi) is 4.34. The van der Waals surface area contributed by atoms with Gasteiger partial charge in [-0.1, -0.05) is 0 Å². The number of carbonyl (C=O) groups is 1. The molecule has 0 aliphatic heterocycles. The normalized spacial score (nSPS) is 10.3. The van der Waals surface area contributed by atoms with Crippen LogP contribution in [0.4, 0.5) is 5.13 Å². The smallest absolute Gasteiger partial charge is 0.261 e. The molecule has 0 aliphatic carbocycles. The molecule has 0 unspecified atom stereocenters. The second-order valence-corrected chi connectivity index (χ2v) is 5.69. The predicted molar refractivity (Wildman–Crippen MR) is 91.1 cm³/mol. The van der Waals surface area contributed by atoms with Crippen LogP contribution in [0.15, 0.2) is 54.2 Å². The maximum absolute atomic E-state index is 12.4. The van der Waals surface area contributed by atoms with Gasteiger partial charge in [-0.15, -0.1) is 11.3 Å². The van der Waals surface area contributed by atoms with Gasteiger partial charge in [0.25, 0.3) is 5.91 Å². The number of hydrogen-bond acceptors (Lipinski definition) is 5. The summed E-state index contributed by atoms with van der Waals surface area (Å²) >= 11 is 1.43. The van der Waals surface area contributed by atoms with Crippen molar-refractivity contribution in [3.05, 3.63) is 59.7 Å². The van der Waals surface area contributed by atoms with E-state index in [1.807, 2.05) is 29.6 Å².